The molecule has 1 aromatic rings. The lowest BCUT2D eigenvalue weighted by atomic mass is 10.0. The number of carbonyl (C=O) groups excluding carboxylic acids is 1. The summed E-state index contributed by atoms with van der Waals surface area (Å²) in [4.78, 5) is 14.4. The minimum Gasteiger partial charge on any atom is -0.389 e. The summed E-state index contributed by atoms with van der Waals surface area (Å²) in [6, 6.07) is 7.41. The molecule has 0 aliphatic carbocycles. The number of anilines is 1. The molecule has 2 rings (SSSR count). The minimum absolute atomic E-state index is 0.0489. The Bertz CT molecular complexity index is 484. The molecule has 1 heterocycles. The van der Waals surface area contributed by atoms with Crippen LogP contribution in [-0.2, 0) is 9.53 Å². The first-order valence-corrected chi connectivity index (χ1v) is 6.75. The molecular weight excluding hydrogens is 260 g/mol. The van der Waals surface area contributed by atoms with E-state index in [1.807, 2.05) is 24.3 Å². The van der Waals surface area contributed by atoms with Gasteiger partial charge in [-0.05, 0) is 25.0 Å². The van der Waals surface area contributed by atoms with Crippen molar-refractivity contribution >= 4 is 28.8 Å². The Morgan fingerprint density at radius 2 is 2.32 bits per heavy atom. The van der Waals surface area contributed by atoms with Crippen LogP contribution in [0.1, 0.15) is 18.4 Å². The van der Waals surface area contributed by atoms with Crippen LogP contribution in [-0.4, -0.2) is 31.2 Å². The topological polar surface area (TPSA) is 55.6 Å². The van der Waals surface area contributed by atoms with Crippen LogP contribution in [0.4, 0.5) is 5.69 Å². The van der Waals surface area contributed by atoms with Crippen LogP contribution in [0.3, 0.4) is 0 Å². The second-order valence-corrected chi connectivity index (χ2v) is 5.17. The molecule has 0 radical (unpaired) electrons. The molecule has 0 spiro atoms. The Hall–Kier alpha value is -1.46. The zero-order chi connectivity index (χ0) is 13.8. The summed E-state index contributed by atoms with van der Waals surface area (Å²) in [6.45, 7) is 1.27. The van der Waals surface area contributed by atoms with Crippen LogP contribution in [0, 0.1) is 5.92 Å². The van der Waals surface area contributed by atoms with Crippen molar-refractivity contribution in [2.24, 2.45) is 11.7 Å². The third-order valence-corrected chi connectivity index (χ3v) is 3.59. The van der Waals surface area contributed by atoms with Crippen molar-refractivity contribution in [3.8, 4) is 0 Å². The predicted octanol–water partition coefficient (Wildman–Crippen LogP) is 1.71. The molecular formula is C14H18N2O2S. The van der Waals surface area contributed by atoms with E-state index in [2.05, 4.69) is 0 Å². The van der Waals surface area contributed by atoms with E-state index in [0.717, 1.165) is 30.7 Å². The van der Waals surface area contributed by atoms with E-state index < -0.39 is 0 Å². The number of nitrogens with zero attached hydrogens (tertiary/aromatic N) is 1. The largest absolute Gasteiger partial charge is 0.389 e. The first-order chi connectivity index (χ1) is 9.09. The Balaban J connectivity index is 2.13. The van der Waals surface area contributed by atoms with E-state index in [0.29, 0.717) is 11.6 Å². The van der Waals surface area contributed by atoms with Crippen molar-refractivity contribution in [3.05, 3.63) is 29.8 Å². The third-order valence-electron chi connectivity index (χ3n) is 3.36. The zero-order valence-corrected chi connectivity index (χ0v) is 11.8. The SMILES string of the molecule is CN(C(=O)C1CCCOC1)c1cccc(C(N)=S)c1. The molecule has 1 aromatic carbocycles. The minimum atomic E-state index is -0.0489. The highest BCUT2D eigenvalue weighted by Gasteiger charge is 2.25. The predicted molar refractivity (Wildman–Crippen MR) is 79.3 cm³/mol. The number of rotatable bonds is 3. The summed E-state index contributed by atoms with van der Waals surface area (Å²) in [5.74, 6) is 0.0343. The lowest BCUT2D eigenvalue weighted by molar-refractivity contribution is -0.125. The van der Waals surface area contributed by atoms with Crippen molar-refractivity contribution < 1.29 is 9.53 Å². The summed E-state index contributed by atoms with van der Waals surface area (Å²) < 4.78 is 5.36. The van der Waals surface area contributed by atoms with Gasteiger partial charge in [-0.25, -0.2) is 0 Å². The lowest BCUT2D eigenvalue weighted by Crippen LogP contribution is -2.37. The highest BCUT2D eigenvalue weighted by atomic mass is 32.1. The van der Waals surface area contributed by atoms with Crippen molar-refractivity contribution in [2.45, 2.75) is 12.8 Å². The highest BCUT2D eigenvalue weighted by molar-refractivity contribution is 7.80. The van der Waals surface area contributed by atoms with Crippen LogP contribution < -0.4 is 10.6 Å². The van der Waals surface area contributed by atoms with Gasteiger partial charge in [-0.3, -0.25) is 4.79 Å². The number of amides is 1. The van der Waals surface area contributed by atoms with Crippen LogP contribution in [0.25, 0.3) is 0 Å². The second-order valence-electron chi connectivity index (χ2n) is 4.73. The van der Waals surface area contributed by atoms with Gasteiger partial charge in [0.05, 0.1) is 12.5 Å². The van der Waals surface area contributed by atoms with Crippen LogP contribution in [0.15, 0.2) is 24.3 Å². The first kappa shape index (κ1) is 14.0. The molecule has 5 heteroatoms. The number of hydrogen-bond donors (Lipinski definition) is 1. The van der Waals surface area contributed by atoms with Crippen molar-refractivity contribution in [3.63, 3.8) is 0 Å². The van der Waals surface area contributed by atoms with E-state index in [-0.39, 0.29) is 11.8 Å². The number of carbonyl (C=O) groups is 1. The maximum atomic E-state index is 12.4. The van der Waals surface area contributed by atoms with Gasteiger partial charge in [0.15, 0.2) is 0 Å². The number of benzene rings is 1. The molecule has 102 valence electrons. The van der Waals surface area contributed by atoms with Crippen molar-refractivity contribution in [1.29, 1.82) is 0 Å². The summed E-state index contributed by atoms with van der Waals surface area (Å²) in [7, 11) is 1.77. The Morgan fingerprint density at radius 1 is 1.53 bits per heavy atom. The van der Waals surface area contributed by atoms with E-state index >= 15 is 0 Å². The molecule has 1 unspecified atom stereocenters. The maximum Gasteiger partial charge on any atom is 0.232 e. The van der Waals surface area contributed by atoms with Crippen molar-refractivity contribution in [2.75, 3.05) is 25.2 Å². The number of ether oxygens (including phenoxy) is 1. The molecule has 1 amide bonds. The quantitative estimate of drug-likeness (QED) is 0.855. The standard InChI is InChI=1S/C14H18N2O2S/c1-16(14(17)11-5-3-7-18-9-11)12-6-2-4-10(8-12)13(15)19/h2,4,6,8,11H,3,5,7,9H2,1H3,(H2,15,19). The number of nitrogens with two attached hydrogens (primary N) is 1. The van der Waals surface area contributed by atoms with Gasteiger partial charge in [-0.2, -0.15) is 0 Å². The van der Waals surface area contributed by atoms with Gasteiger partial charge < -0.3 is 15.4 Å². The molecule has 2 N–H and O–H groups in total. The molecule has 1 saturated heterocycles. The fourth-order valence-corrected chi connectivity index (χ4v) is 2.33. The van der Waals surface area contributed by atoms with E-state index in [1.54, 1.807) is 11.9 Å². The number of thiocarbonyl (C=S) groups is 1. The molecule has 1 atom stereocenters. The third kappa shape index (κ3) is 3.30. The summed E-state index contributed by atoms with van der Waals surface area (Å²) in [5.41, 5.74) is 7.19. The average Bonchev–Trinajstić information content (AvgIpc) is 2.46. The Labute approximate surface area is 118 Å². The molecule has 1 aliphatic heterocycles. The molecule has 0 saturated carbocycles. The van der Waals surface area contributed by atoms with E-state index in [4.69, 9.17) is 22.7 Å². The van der Waals surface area contributed by atoms with E-state index in [9.17, 15) is 4.79 Å². The molecule has 1 aliphatic rings. The molecule has 0 bridgehead atoms. The summed E-state index contributed by atoms with van der Waals surface area (Å²) >= 11 is 4.95. The van der Waals surface area contributed by atoms with Crippen LogP contribution in [0.2, 0.25) is 0 Å². The maximum absolute atomic E-state index is 12.4. The zero-order valence-electron chi connectivity index (χ0n) is 11.0. The van der Waals surface area contributed by atoms with Gasteiger partial charge in [0.2, 0.25) is 5.91 Å². The number of hydrogen-bond acceptors (Lipinski definition) is 3. The molecule has 0 aromatic heterocycles. The van der Waals surface area contributed by atoms with Gasteiger partial charge in [0.1, 0.15) is 4.99 Å². The average molecular weight is 278 g/mol. The fourth-order valence-electron chi connectivity index (χ4n) is 2.20. The monoisotopic (exact) mass is 278 g/mol. The first-order valence-electron chi connectivity index (χ1n) is 6.35. The smallest absolute Gasteiger partial charge is 0.232 e. The summed E-state index contributed by atoms with van der Waals surface area (Å²) in [5, 5.41) is 0. The Morgan fingerprint density at radius 3 is 2.95 bits per heavy atom. The van der Waals surface area contributed by atoms with E-state index in [1.165, 1.54) is 0 Å². The lowest BCUT2D eigenvalue weighted by Gasteiger charge is -2.26. The van der Waals surface area contributed by atoms with Gasteiger partial charge in [-0.1, -0.05) is 24.4 Å². The molecule has 1 fully saturated rings. The van der Waals surface area contributed by atoms with Crippen LogP contribution in [0.5, 0.6) is 0 Å². The van der Waals surface area contributed by atoms with Gasteiger partial charge >= 0.3 is 0 Å². The second kappa shape index (κ2) is 6.12. The van der Waals surface area contributed by atoms with Gasteiger partial charge in [-0.15, -0.1) is 0 Å². The van der Waals surface area contributed by atoms with Gasteiger partial charge in [0, 0.05) is 24.9 Å². The normalized spacial score (nSPS) is 18.9. The highest BCUT2D eigenvalue weighted by Crippen LogP contribution is 2.21. The fraction of sp³-hybridized carbons (Fsp3) is 0.429. The van der Waals surface area contributed by atoms with Gasteiger partial charge in [0.25, 0.3) is 0 Å². The molecule has 19 heavy (non-hydrogen) atoms. The molecule has 4 nitrogen and oxygen atoms in total. The van der Waals surface area contributed by atoms with Crippen molar-refractivity contribution in [1.82, 2.24) is 0 Å². The Kier molecular flexibility index (Phi) is 4.50. The summed E-state index contributed by atoms with van der Waals surface area (Å²) in [6.07, 6.45) is 1.83. The van der Waals surface area contributed by atoms with Crippen LogP contribution >= 0.6 is 12.2 Å².